The summed E-state index contributed by atoms with van der Waals surface area (Å²) in [5.74, 6) is 0.357. The van der Waals surface area contributed by atoms with E-state index in [1.807, 2.05) is 30.3 Å². The third kappa shape index (κ3) is 3.40. The van der Waals surface area contributed by atoms with Crippen molar-refractivity contribution in [1.82, 2.24) is 15.1 Å². The molecule has 0 radical (unpaired) electrons. The van der Waals surface area contributed by atoms with Crippen LogP contribution in [0.5, 0.6) is 0 Å². The van der Waals surface area contributed by atoms with E-state index in [9.17, 15) is 8.42 Å². The van der Waals surface area contributed by atoms with Crippen LogP contribution < -0.4 is 4.90 Å². The monoisotopic (exact) mass is 398 g/mol. The molecule has 0 atom stereocenters. The molecule has 7 heteroatoms. The molecule has 1 fully saturated rings. The van der Waals surface area contributed by atoms with Crippen molar-refractivity contribution in [3.8, 4) is 0 Å². The molecule has 0 spiro atoms. The number of aromatic amines is 1. The summed E-state index contributed by atoms with van der Waals surface area (Å²) in [5, 5.41) is 7.79. The second kappa shape index (κ2) is 7.22. The van der Waals surface area contributed by atoms with Crippen molar-refractivity contribution >= 4 is 26.4 Å². The molecule has 4 rings (SSSR count). The number of nitrogens with zero attached hydrogens (tertiary/aromatic N) is 3. The van der Waals surface area contributed by atoms with Gasteiger partial charge in [-0.15, -0.1) is 0 Å². The Morgan fingerprint density at radius 3 is 2.32 bits per heavy atom. The van der Waals surface area contributed by atoms with Crippen LogP contribution in [0, 0.1) is 0 Å². The molecule has 1 aromatic heterocycles. The van der Waals surface area contributed by atoms with Gasteiger partial charge in [-0.3, -0.25) is 5.10 Å². The molecule has 0 unspecified atom stereocenters. The highest BCUT2D eigenvalue weighted by Crippen LogP contribution is 2.30. The first-order chi connectivity index (χ1) is 13.4. The van der Waals surface area contributed by atoms with Gasteiger partial charge in [-0.05, 0) is 48.9 Å². The van der Waals surface area contributed by atoms with Gasteiger partial charge in [0.25, 0.3) is 0 Å². The van der Waals surface area contributed by atoms with Gasteiger partial charge in [0.15, 0.2) is 5.03 Å². The first-order valence-corrected chi connectivity index (χ1v) is 11.1. The summed E-state index contributed by atoms with van der Waals surface area (Å²) in [5.41, 5.74) is 2.81. The molecule has 1 aliphatic heterocycles. The van der Waals surface area contributed by atoms with E-state index in [1.54, 1.807) is 12.1 Å². The highest BCUT2D eigenvalue weighted by molar-refractivity contribution is 7.91. The van der Waals surface area contributed by atoms with Gasteiger partial charge >= 0.3 is 0 Å². The molecule has 0 aliphatic carbocycles. The van der Waals surface area contributed by atoms with E-state index < -0.39 is 9.84 Å². The fourth-order valence-electron chi connectivity index (χ4n) is 3.59. The Morgan fingerprint density at radius 2 is 1.68 bits per heavy atom. The number of aromatic nitrogens is 2. The van der Waals surface area contributed by atoms with E-state index >= 15 is 0 Å². The first kappa shape index (κ1) is 19.0. The molecule has 28 heavy (non-hydrogen) atoms. The average molecular weight is 399 g/mol. The molecule has 1 saturated heterocycles. The lowest BCUT2D eigenvalue weighted by atomic mass is 10.0. The number of sulfone groups is 1. The fraction of sp³-hybridized carbons (Fsp3) is 0.381. The van der Waals surface area contributed by atoms with Gasteiger partial charge in [-0.25, -0.2) is 8.42 Å². The van der Waals surface area contributed by atoms with Crippen molar-refractivity contribution in [2.45, 2.75) is 29.7 Å². The summed E-state index contributed by atoms with van der Waals surface area (Å²) < 4.78 is 26.5. The largest absolute Gasteiger partial charge is 0.369 e. The second-order valence-electron chi connectivity index (χ2n) is 7.77. The Labute approximate surface area is 166 Å². The van der Waals surface area contributed by atoms with Crippen molar-refractivity contribution in [2.75, 3.05) is 38.1 Å². The predicted molar refractivity (Wildman–Crippen MR) is 112 cm³/mol. The van der Waals surface area contributed by atoms with E-state index in [2.05, 4.69) is 40.9 Å². The minimum atomic E-state index is -3.67. The number of H-pyrrole nitrogens is 1. The molecule has 3 aromatic rings. The number of rotatable bonds is 4. The standard InChI is InChI=1S/C21H26N4O2S/c1-15(2)16-4-7-18(8-5-16)28(26,27)21-19-14-17(6-9-20(19)22-23-21)25-12-10-24(3)11-13-25/h4-9,14-15H,10-13H2,1-3H3,(H,22,23). The van der Waals surface area contributed by atoms with Gasteiger partial charge in [0.1, 0.15) is 0 Å². The summed E-state index contributed by atoms with van der Waals surface area (Å²) in [4.78, 5) is 4.87. The number of likely N-dealkylation sites (N-methyl/N-ethyl adjacent to an activating group) is 1. The summed E-state index contributed by atoms with van der Waals surface area (Å²) in [7, 11) is -1.55. The number of nitrogens with one attached hydrogen (secondary N) is 1. The van der Waals surface area contributed by atoms with Crippen LogP contribution in [0.1, 0.15) is 25.3 Å². The van der Waals surface area contributed by atoms with E-state index in [-0.39, 0.29) is 9.92 Å². The topological polar surface area (TPSA) is 69.3 Å². The van der Waals surface area contributed by atoms with Crippen molar-refractivity contribution in [3.63, 3.8) is 0 Å². The Balaban J connectivity index is 1.72. The van der Waals surface area contributed by atoms with Crippen LogP contribution in [-0.4, -0.2) is 56.7 Å². The van der Waals surface area contributed by atoms with Crippen LogP contribution in [0.4, 0.5) is 5.69 Å². The number of hydrogen-bond acceptors (Lipinski definition) is 5. The number of anilines is 1. The molecule has 0 bridgehead atoms. The first-order valence-electron chi connectivity index (χ1n) is 9.63. The number of piperazine rings is 1. The molecule has 1 aliphatic rings. The lowest BCUT2D eigenvalue weighted by Gasteiger charge is -2.34. The molecule has 0 amide bonds. The van der Waals surface area contributed by atoms with Crippen LogP contribution in [-0.2, 0) is 9.84 Å². The maximum absolute atomic E-state index is 13.2. The third-order valence-corrected chi connectivity index (χ3v) is 7.24. The minimum absolute atomic E-state index is 0.163. The van der Waals surface area contributed by atoms with Crippen molar-refractivity contribution in [1.29, 1.82) is 0 Å². The van der Waals surface area contributed by atoms with E-state index in [0.717, 1.165) is 37.4 Å². The van der Waals surface area contributed by atoms with Crippen molar-refractivity contribution in [3.05, 3.63) is 48.0 Å². The molecule has 2 aromatic carbocycles. The van der Waals surface area contributed by atoms with Crippen molar-refractivity contribution < 1.29 is 8.42 Å². The Bertz CT molecular complexity index is 1080. The van der Waals surface area contributed by atoms with Gasteiger partial charge in [0.05, 0.1) is 10.4 Å². The Morgan fingerprint density at radius 1 is 1.00 bits per heavy atom. The highest BCUT2D eigenvalue weighted by Gasteiger charge is 2.24. The molecular weight excluding hydrogens is 372 g/mol. The molecular formula is C21H26N4O2S. The highest BCUT2D eigenvalue weighted by atomic mass is 32.2. The molecule has 6 nitrogen and oxygen atoms in total. The van der Waals surface area contributed by atoms with Gasteiger partial charge in [-0.1, -0.05) is 26.0 Å². The number of benzene rings is 2. The SMILES string of the molecule is CC(C)c1ccc(S(=O)(=O)c2[nH]nc3ccc(N4CCN(C)CC4)cc23)cc1. The minimum Gasteiger partial charge on any atom is -0.369 e. The lowest BCUT2D eigenvalue weighted by molar-refractivity contribution is 0.313. The molecule has 1 N–H and O–H groups in total. The third-order valence-electron chi connectivity index (χ3n) is 5.50. The molecule has 0 saturated carbocycles. The van der Waals surface area contributed by atoms with Crippen LogP contribution in [0.15, 0.2) is 52.4 Å². The number of hydrogen-bond donors (Lipinski definition) is 1. The predicted octanol–water partition coefficient (Wildman–Crippen LogP) is 3.27. The Hall–Kier alpha value is -2.38. The maximum Gasteiger partial charge on any atom is 0.223 e. The quantitative estimate of drug-likeness (QED) is 0.730. The zero-order valence-corrected chi connectivity index (χ0v) is 17.3. The smallest absolute Gasteiger partial charge is 0.223 e. The summed E-state index contributed by atoms with van der Waals surface area (Å²) >= 11 is 0. The molecule has 148 valence electrons. The van der Waals surface area contributed by atoms with E-state index in [4.69, 9.17) is 0 Å². The Kier molecular flexibility index (Phi) is 4.89. The second-order valence-corrected chi connectivity index (χ2v) is 9.66. The van der Waals surface area contributed by atoms with Crippen LogP contribution in [0.3, 0.4) is 0 Å². The average Bonchev–Trinajstić information content (AvgIpc) is 3.12. The van der Waals surface area contributed by atoms with E-state index in [1.165, 1.54) is 0 Å². The van der Waals surface area contributed by atoms with Gasteiger partial charge in [0, 0.05) is 37.3 Å². The summed E-state index contributed by atoms with van der Waals surface area (Å²) in [6.07, 6.45) is 0. The van der Waals surface area contributed by atoms with Gasteiger partial charge in [0.2, 0.25) is 9.84 Å². The molecule has 2 heterocycles. The van der Waals surface area contributed by atoms with Gasteiger partial charge in [-0.2, -0.15) is 5.10 Å². The van der Waals surface area contributed by atoms with Crippen LogP contribution >= 0.6 is 0 Å². The normalized spacial score (nSPS) is 16.2. The zero-order chi connectivity index (χ0) is 19.9. The lowest BCUT2D eigenvalue weighted by Crippen LogP contribution is -2.44. The summed E-state index contributed by atoms with van der Waals surface area (Å²) in [6, 6.07) is 13.0. The number of fused-ring (bicyclic) bond motifs is 1. The maximum atomic E-state index is 13.2. The van der Waals surface area contributed by atoms with Crippen LogP contribution in [0.25, 0.3) is 10.9 Å². The van der Waals surface area contributed by atoms with Crippen LogP contribution in [0.2, 0.25) is 0 Å². The van der Waals surface area contributed by atoms with E-state index in [0.29, 0.717) is 16.8 Å². The summed E-state index contributed by atoms with van der Waals surface area (Å²) in [6.45, 7) is 8.03. The fourth-order valence-corrected chi connectivity index (χ4v) is 4.94. The van der Waals surface area contributed by atoms with Gasteiger partial charge < -0.3 is 9.80 Å². The zero-order valence-electron chi connectivity index (χ0n) is 16.5. The van der Waals surface area contributed by atoms with Crippen molar-refractivity contribution in [2.24, 2.45) is 0 Å².